The first-order valence-corrected chi connectivity index (χ1v) is 9.29. The number of ether oxygens (including phenoxy) is 1. The Labute approximate surface area is 155 Å². The standard InChI is InChI=1S/C21H27N3O2/c1-17-4-3-5-19(14-17)22-21(25)16-24-12-10-23(11-13-24)15-18-6-8-20(26-2)9-7-18/h3-9,14H,10-13,15-16H2,1-2H3,(H,22,25)/p+2. The molecule has 3 N–H and O–H groups in total. The second-order valence-corrected chi connectivity index (χ2v) is 7.12. The monoisotopic (exact) mass is 355 g/mol. The van der Waals surface area contributed by atoms with Gasteiger partial charge in [-0.15, -0.1) is 0 Å². The predicted molar refractivity (Wildman–Crippen MR) is 103 cm³/mol. The molecule has 1 saturated heterocycles. The average molecular weight is 355 g/mol. The summed E-state index contributed by atoms with van der Waals surface area (Å²) in [6, 6.07) is 16.3. The number of benzene rings is 2. The molecular formula is C21H29N3O2+2. The van der Waals surface area contributed by atoms with Gasteiger partial charge in [-0.25, -0.2) is 0 Å². The molecule has 0 aliphatic carbocycles. The minimum atomic E-state index is 0.101. The van der Waals surface area contributed by atoms with Crippen molar-refractivity contribution in [3.8, 4) is 5.75 Å². The Balaban J connectivity index is 1.42. The van der Waals surface area contributed by atoms with E-state index in [2.05, 4.69) is 17.4 Å². The van der Waals surface area contributed by atoms with Crippen molar-refractivity contribution in [2.75, 3.05) is 45.2 Å². The summed E-state index contributed by atoms with van der Waals surface area (Å²) in [5.74, 6) is 1.00. The Morgan fingerprint density at radius 1 is 1.04 bits per heavy atom. The largest absolute Gasteiger partial charge is 0.497 e. The SMILES string of the molecule is COc1ccc(C[NH+]2CC[NH+](CC(=O)Nc3cccc(C)c3)CC2)cc1. The van der Waals surface area contributed by atoms with Gasteiger partial charge in [0, 0.05) is 11.3 Å². The van der Waals surface area contributed by atoms with Crippen LogP contribution in [0.4, 0.5) is 5.69 Å². The van der Waals surface area contributed by atoms with Crippen molar-refractivity contribution in [1.82, 2.24) is 0 Å². The molecule has 0 aromatic heterocycles. The van der Waals surface area contributed by atoms with E-state index in [-0.39, 0.29) is 5.91 Å². The number of rotatable bonds is 6. The number of hydrogen-bond acceptors (Lipinski definition) is 2. The van der Waals surface area contributed by atoms with Crippen LogP contribution in [0.25, 0.3) is 0 Å². The number of amides is 1. The number of piperazine rings is 1. The molecule has 5 heteroatoms. The summed E-state index contributed by atoms with van der Waals surface area (Å²) in [4.78, 5) is 15.2. The third-order valence-electron chi connectivity index (χ3n) is 4.99. The maximum Gasteiger partial charge on any atom is 0.279 e. The van der Waals surface area contributed by atoms with Crippen LogP contribution in [0.1, 0.15) is 11.1 Å². The Hall–Kier alpha value is -2.37. The number of hydrogen-bond donors (Lipinski definition) is 3. The molecule has 1 amide bonds. The highest BCUT2D eigenvalue weighted by Gasteiger charge is 2.24. The van der Waals surface area contributed by atoms with Crippen LogP contribution in [0.2, 0.25) is 0 Å². The average Bonchev–Trinajstić information content (AvgIpc) is 2.64. The Morgan fingerprint density at radius 3 is 2.38 bits per heavy atom. The summed E-state index contributed by atoms with van der Waals surface area (Å²) in [5.41, 5.74) is 3.38. The summed E-state index contributed by atoms with van der Waals surface area (Å²) in [6.45, 7) is 7.87. The number of methoxy groups -OCH3 is 1. The van der Waals surface area contributed by atoms with E-state index in [1.54, 1.807) is 12.0 Å². The maximum absolute atomic E-state index is 12.3. The van der Waals surface area contributed by atoms with Crippen LogP contribution >= 0.6 is 0 Å². The van der Waals surface area contributed by atoms with Crippen molar-refractivity contribution in [3.05, 3.63) is 59.7 Å². The zero-order chi connectivity index (χ0) is 18.4. The molecular weight excluding hydrogens is 326 g/mol. The lowest BCUT2D eigenvalue weighted by atomic mass is 10.2. The van der Waals surface area contributed by atoms with E-state index in [1.165, 1.54) is 10.5 Å². The molecule has 2 aromatic carbocycles. The first-order valence-electron chi connectivity index (χ1n) is 9.29. The molecule has 1 aliphatic rings. The quantitative estimate of drug-likeness (QED) is 0.679. The molecule has 0 saturated carbocycles. The zero-order valence-electron chi connectivity index (χ0n) is 15.7. The van der Waals surface area contributed by atoms with Crippen LogP contribution in [0, 0.1) is 6.92 Å². The summed E-state index contributed by atoms with van der Waals surface area (Å²) >= 11 is 0. The molecule has 0 bridgehead atoms. The summed E-state index contributed by atoms with van der Waals surface area (Å²) in [5, 5.41) is 3.01. The molecule has 0 radical (unpaired) electrons. The van der Waals surface area contributed by atoms with Gasteiger partial charge in [-0.05, 0) is 48.9 Å². The molecule has 3 rings (SSSR count). The van der Waals surface area contributed by atoms with Crippen LogP contribution in [0.3, 0.4) is 0 Å². The van der Waals surface area contributed by atoms with Crippen LogP contribution in [-0.4, -0.2) is 45.7 Å². The number of carbonyl (C=O) groups is 1. The Kier molecular flexibility index (Phi) is 6.26. The third kappa shape index (κ3) is 5.31. The lowest BCUT2D eigenvalue weighted by Crippen LogP contribution is -3.28. The lowest BCUT2D eigenvalue weighted by Gasteiger charge is -2.29. The first kappa shape index (κ1) is 18.4. The third-order valence-corrected chi connectivity index (χ3v) is 4.99. The highest BCUT2D eigenvalue weighted by Crippen LogP contribution is 2.10. The molecule has 1 aliphatic heterocycles. The highest BCUT2D eigenvalue weighted by atomic mass is 16.5. The van der Waals surface area contributed by atoms with Crippen molar-refractivity contribution in [1.29, 1.82) is 0 Å². The summed E-state index contributed by atoms with van der Waals surface area (Å²) in [6.07, 6.45) is 0. The molecule has 0 atom stereocenters. The zero-order valence-corrected chi connectivity index (χ0v) is 15.7. The molecule has 0 spiro atoms. The van der Waals surface area contributed by atoms with Crippen LogP contribution in [0.15, 0.2) is 48.5 Å². The van der Waals surface area contributed by atoms with Gasteiger partial charge in [0.25, 0.3) is 5.91 Å². The van der Waals surface area contributed by atoms with Crippen molar-refractivity contribution >= 4 is 11.6 Å². The van der Waals surface area contributed by atoms with E-state index in [1.807, 2.05) is 43.3 Å². The van der Waals surface area contributed by atoms with Gasteiger partial charge >= 0.3 is 0 Å². The number of quaternary nitrogens is 2. The van der Waals surface area contributed by atoms with E-state index >= 15 is 0 Å². The first-order chi connectivity index (χ1) is 12.6. The van der Waals surface area contributed by atoms with E-state index in [9.17, 15) is 4.79 Å². The minimum absolute atomic E-state index is 0.101. The number of anilines is 1. The second kappa shape index (κ2) is 8.83. The molecule has 138 valence electrons. The van der Waals surface area contributed by atoms with Gasteiger partial charge in [0.1, 0.15) is 38.5 Å². The van der Waals surface area contributed by atoms with E-state index in [0.717, 1.165) is 49.7 Å². The molecule has 1 fully saturated rings. The van der Waals surface area contributed by atoms with Crippen LogP contribution in [0.5, 0.6) is 5.75 Å². The van der Waals surface area contributed by atoms with Crippen LogP contribution < -0.4 is 19.9 Å². The smallest absolute Gasteiger partial charge is 0.279 e. The highest BCUT2D eigenvalue weighted by molar-refractivity contribution is 5.91. The topological polar surface area (TPSA) is 47.2 Å². The molecule has 1 heterocycles. The van der Waals surface area contributed by atoms with Gasteiger partial charge in [-0.1, -0.05) is 12.1 Å². The van der Waals surface area contributed by atoms with Gasteiger partial charge in [-0.3, -0.25) is 4.79 Å². The van der Waals surface area contributed by atoms with Gasteiger partial charge < -0.3 is 19.9 Å². The van der Waals surface area contributed by atoms with Crippen molar-refractivity contribution < 1.29 is 19.3 Å². The van der Waals surface area contributed by atoms with Gasteiger partial charge in [0.05, 0.1) is 7.11 Å². The molecule has 5 nitrogen and oxygen atoms in total. The molecule has 2 aromatic rings. The Morgan fingerprint density at radius 2 is 1.73 bits per heavy atom. The normalized spacial score (nSPS) is 19.8. The van der Waals surface area contributed by atoms with Gasteiger partial charge in [-0.2, -0.15) is 0 Å². The fourth-order valence-corrected chi connectivity index (χ4v) is 3.50. The van der Waals surface area contributed by atoms with Crippen LogP contribution in [-0.2, 0) is 11.3 Å². The van der Waals surface area contributed by atoms with Crippen molar-refractivity contribution in [2.45, 2.75) is 13.5 Å². The van der Waals surface area contributed by atoms with E-state index in [4.69, 9.17) is 4.74 Å². The summed E-state index contributed by atoms with van der Waals surface area (Å²) in [7, 11) is 1.69. The maximum atomic E-state index is 12.3. The second-order valence-electron chi connectivity index (χ2n) is 7.12. The fourth-order valence-electron chi connectivity index (χ4n) is 3.50. The summed E-state index contributed by atoms with van der Waals surface area (Å²) < 4.78 is 5.21. The van der Waals surface area contributed by atoms with Crippen molar-refractivity contribution in [3.63, 3.8) is 0 Å². The van der Waals surface area contributed by atoms with Gasteiger partial charge in [0.2, 0.25) is 0 Å². The van der Waals surface area contributed by atoms with E-state index in [0.29, 0.717) is 6.54 Å². The molecule has 26 heavy (non-hydrogen) atoms. The predicted octanol–water partition coefficient (Wildman–Crippen LogP) is -0.0743. The number of aryl methyl sites for hydroxylation is 1. The fraction of sp³-hybridized carbons (Fsp3) is 0.381. The lowest BCUT2D eigenvalue weighted by molar-refractivity contribution is -1.02. The van der Waals surface area contributed by atoms with Gasteiger partial charge in [0.15, 0.2) is 6.54 Å². The minimum Gasteiger partial charge on any atom is -0.497 e. The van der Waals surface area contributed by atoms with Crippen molar-refractivity contribution in [2.24, 2.45) is 0 Å². The number of carbonyl (C=O) groups excluding carboxylic acids is 1. The Bertz CT molecular complexity index is 722. The molecule has 0 unspecified atom stereocenters. The van der Waals surface area contributed by atoms with E-state index < -0.39 is 0 Å². The number of nitrogens with one attached hydrogen (secondary N) is 3.